The monoisotopic (exact) mass is 263 g/mol. The molecule has 0 radical (unpaired) electrons. The SMILES string of the molecule is Cc1ccc(CN2C(=O)OCC2(C)CC(=O)O)cc1. The van der Waals surface area contributed by atoms with Gasteiger partial charge in [0.05, 0.1) is 12.0 Å². The molecule has 1 unspecified atom stereocenters. The number of carboxylic acid groups (broad SMARTS) is 1. The third kappa shape index (κ3) is 2.86. The zero-order chi connectivity index (χ0) is 14.0. The maximum Gasteiger partial charge on any atom is 0.410 e. The lowest BCUT2D eigenvalue weighted by atomic mass is 9.97. The van der Waals surface area contributed by atoms with Crippen LogP contribution in [-0.2, 0) is 16.1 Å². The van der Waals surface area contributed by atoms with E-state index in [9.17, 15) is 9.59 Å². The van der Waals surface area contributed by atoms with Crippen molar-refractivity contribution in [2.24, 2.45) is 0 Å². The van der Waals surface area contributed by atoms with Crippen LogP contribution >= 0.6 is 0 Å². The van der Waals surface area contributed by atoms with Crippen LogP contribution in [0.3, 0.4) is 0 Å². The van der Waals surface area contributed by atoms with E-state index in [0.717, 1.165) is 11.1 Å². The Hall–Kier alpha value is -2.04. The van der Waals surface area contributed by atoms with Gasteiger partial charge in [-0.25, -0.2) is 4.79 Å². The predicted molar refractivity (Wildman–Crippen MR) is 68.7 cm³/mol. The van der Waals surface area contributed by atoms with Crippen molar-refractivity contribution < 1.29 is 19.4 Å². The van der Waals surface area contributed by atoms with Crippen LogP contribution in [0.1, 0.15) is 24.5 Å². The second kappa shape index (κ2) is 4.91. The summed E-state index contributed by atoms with van der Waals surface area (Å²) >= 11 is 0. The fourth-order valence-corrected chi connectivity index (χ4v) is 2.20. The van der Waals surface area contributed by atoms with Crippen molar-refractivity contribution in [3.05, 3.63) is 35.4 Å². The van der Waals surface area contributed by atoms with Gasteiger partial charge in [0, 0.05) is 6.54 Å². The number of nitrogens with zero attached hydrogens (tertiary/aromatic N) is 1. The van der Waals surface area contributed by atoms with Crippen molar-refractivity contribution >= 4 is 12.1 Å². The van der Waals surface area contributed by atoms with E-state index < -0.39 is 17.6 Å². The molecule has 0 bridgehead atoms. The maximum absolute atomic E-state index is 11.8. The molecule has 102 valence electrons. The van der Waals surface area contributed by atoms with E-state index in [1.165, 1.54) is 4.90 Å². The number of cyclic esters (lactones) is 1. The molecule has 19 heavy (non-hydrogen) atoms. The maximum atomic E-state index is 11.8. The number of aryl methyl sites for hydroxylation is 1. The number of carboxylic acids is 1. The molecule has 0 aromatic heterocycles. The topological polar surface area (TPSA) is 66.8 Å². The Morgan fingerprint density at radius 3 is 2.63 bits per heavy atom. The molecule has 1 aliphatic rings. The summed E-state index contributed by atoms with van der Waals surface area (Å²) < 4.78 is 5.00. The smallest absolute Gasteiger partial charge is 0.410 e. The predicted octanol–water partition coefficient (Wildman–Crippen LogP) is 2.18. The summed E-state index contributed by atoms with van der Waals surface area (Å²) in [6, 6.07) is 7.79. The van der Waals surface area contributed by atoms with Gasteiger partial charge in [-0.05, 0) is 19.4 Å². The zero-order valence-electron chi connectivity index (χ0n) is 11.0. The van der Waals surface area contributed by atoms with E-state index in [-0.39, 0.29) is 13.0 Å². The second-order valence-electron chi connectivity index (χ2n) is 5.19. The minimum absolute atomic E-state index is 0.115. The van der Waals surface area contributed by atoms with Gasteiger partial charge in [-0.1, -0.05) is 29.8 Å². The van der Waals surface area contributed by atoms with Crippen LogP contribution in [0.25, 0.3) is 0 Å². The molecule has 1 fully saturated rings. The highest BCUT2D eigenvalue weighted by molar-refractivity contribution is 5.75. The van der Waals surface area contributed by atoms with Gasteiger partial charge >= 0.3 is 12.1 Å². The number of hydrogen-bond donors (Lipinski definition) is 1. The van der Waals surface area contributed by atoms with Gasteiger partial charge in [-0.3, -0.25) is 9.69 Å². The summed E-state index contributed by atoms with van der Waals surface area (Å²) in [6.45, 7) is 4.20. The highest BCUT2D eigenvalue weighted by Crippen LogP contribution is 2.29. The quantitative estimate of drug-likeness (QED) is 0.904. The second-order valence-corrected chi connectivity index (χ2v) is 5.19. The first-order valence-electron chi connectivity index (χ1n) is 6.12. The summed E-state index contributed by atoms with van der Waals surface area (Å²) in [5, 5.41) is 8.95. The molecule has 1 N–H and O–H groups in total. The Kier molecular flexibility index (Phi) is 3.46. The Bertz CT molecular complexity index is 497. The van der Waals surface area contributed by atoms with Crippen LogP contribution in [0.15, 0.2) is 24.3 Å². The van der Waals surface area contributed by atoms with E-state index in [0.29, 0.717) is 6.54 Å². The summed E-state index contributed by atoms with van der Waals surface area (Å²) in [5.41, 5.74) is 1.32. The Balaban J connectivity index is 2.18. The van der Waals surface area contributed by atoms with Crippen molar-refractivity contribution in [2.45, 2.75) is 32.4 Å². The molecule has 5 nitrogen and oxygen atoms in total. The standard InChI is InChI=1S/C14H17NO4/c1-10-3-5-11(6-4-10)8-15-13(18)19-9-14(15,2)7-12(16)17/h3-6H,7-9H2,1-2H3,(H,16,17). The van der Waals surface area contributed by atoms with Crippen LogP contribution in [0, 0.1) is 6.92 Å². The van der Waals surface area contributed by atoms with Gasteiger partial charge in [0.2, 0.25) is 0 Å². The number of rotatable bonds is 4. The number of ether oxygens (including phenoxy) is 1. The van der Waals surface area contributed by atoms with Gasteiger partial charge in [0.25, 0.3) is 0 Å². The van der Waals surface area contributed by atoms with Crippen LogP contribution in [0.4, 0.5) is 4.79 Å². The third-order valence-corrected chi connectivity index (χ3v) is 3.37. The summed E-state index contributed by atoms with van der Waals surface area (Å²) in [7, 11) is 0. The molecule has 1 heterocycles. The lowest BCUT2D eigenvalue weighted by Crippen LogP contribution is -2.45. The van der Waals surface area contributed by atoms with E-state index in [2.05, 4.69) is 0 Å². The first kappa shape index (κ1) is 13.4. The van der Waals surface area contributed by atoms with Gasteiger partial charge in [-0.2, -0.15) is 0 Å². The molecule has 2 rings (SSSR count). The average molecular weight is 263 g/mol. The zero-order valence-corrected chi connectivity index (χ0v) is 11.0. The highest BCUT2D eigenvalue weighted by Gasteiger charge is 2.45. The number of carbonyl (C=O) groups is 2. The molecule has 5 heteroatoms. The summed E-state index contributed by atoms with van der Waals surface area (Å²) in [4.78, 5) is 24.2. The molecule has 0 saturated carbocycles. The van der Waals surface area contributed by atoms with E-state index in [4.69, 9.17) is 9.84 Å². The van der Waals surface area contributed by atoms with Gasteiger partial charge in [0.1, 0.15) is 6.61 Å². The van der Waals surface area contributed by atoms with Gasteiger partial charge in [0.15, 0.2) is 0 Å². The molecule has 0 spiro atoms. The number of aliphatic carboxylic acids is 1. The molecule has 1 atom stereocenters. The number of carbonyl (C=O) groups excluding carboxylic acids is 1. The van der Waals surface area contributed by atoms with Crippen LogP contribution < -0.4 is 0 Å². The van der Waals surface area contributed by atoms with Crippen LogP contribution in [0.2, 0.25) is 0 Å². The molecule has 1 aromatic carbocycles. The van der Waals surface area contributed by atoms with Crippen molar-refractivity contribution in [3.8, 4) is 0 Å². The lowest BCUT2D eigenvalue weighted by molar-refractivity contribution is -0.139. The minimum atomic E-state index is -0.935. The van der Waals surface area contributed by atoms with Crippen molar-refractivity contribution in [3.63, 3.8) is 0 Å². The molecule has 1 aromatic rings. The molecular weight excluding hydrogens is 246 g/mol. The largest absolute Gasteiger partial charge is 0.481 e. The Morgan fingerprint density at radius 1 is 1.42 bits per heavy atom. The molecule has 0 aliphatic carbocycles. The number of hydrogen-bond acceptors (Lipinski definition) is 3. The number of amides is 1. The average Bonchev–Trinajstić information content (AvgIpc) is 2.59. The Labute approximate surface area is 111 Å². The highest BCUT2D eigenvalue weighted by atomic mass is 16.6. The van der Waals surface area contributed by atoms with E-state index in [1.54, 1.807) is 6.92 Å². The summed E-state index contributed by atoms with van der Waals surface area (Å²) in [5.74, 6) is -0.935. The van der Waals surface area contributed by atoms with E-state index >= 15 is 0 Å². The third-order valence-electron chi connectivity index (χ3n) is 3.37. The fourth-order valence-electron chi connectivity index (χ4n) is 2.20. The lowest BCUT2D eigenvalue weighted by Gasteiger charge is -2.30. The normalized spacial score (nSPS) is 22.4. The van der Waals surface area contributed by atoms with Crippen molar-refractivity contribution in [2.75, 3.05) is 6.61 Å². The number of benzene rings is 1. The summed E-state index contributed by atoms with van der Waals surface area (Å²) in [6.07, 6.45) is -0.575. The van der Waals surface area contributed by atoms with Gasteiger partial charge in [-0.15, -0.1) is 0 Å². The molecule has 1 aliphatic heterocycles. The van der Waals surface area contributed by atoms with Gasteiger partial charge < -0.3 is 9.84 Å². The molecular formula is C14H17NO4. The van der Waals surface area contributed by atoms with Crippen LogP contribution in [0.5, 0.6) is 0 Å². The van der Waals surface area contributed by atoms with E-state index in [1.807, 2.05) is 31.2 Å². The van der Waals surface area contributed by atoms with Crippen molar-refractivity contribution in [1.29, 1.82) is 0 Å². The van der Waals surface area contributed by atoms with Crippen LogP contribution in [-0.4, -0.2) is 34.2 Å². The fraction of sp³-hybridized carbons (Fsp3) is 0.429. The molecule has 1 amide bonds. The molecule has 1 saturated heterocycles. The first-order valence-corrected chi connectivity index (χ1v) is 6.12. The first-order chi connectivity index (χ1) is 8.90. The Morgan fingerprint density at radius 2 is 2.05 bits per heavy atom. The minimum Gasteiger partial charge on any atom is -0.481 e. The van der Waals surface area contributed by atoms with Crippen molar-refractivity contribution in [1.82, 2.24) is 4.90 Å².